The largest absolute Gasteiger partial charge is 0.492 e. The van der Waals surface area contributed by atoms with Gasteiger partial charge in [-0.25, -0.2) is 0 Å². The number of esters is 1. The standard InChI is InChI=1S/C54H88O6/c1-5-7-9-11-13-15-17-19-21-23-25-27-29-35-48(56)42-45-39-37-44-38-40-47(55)34-32-31-33-46-43-50(49(45)41-44)53(58-3)54(59-4)52(46)60-51(57)36-30-28-26-24-22-20-18-16-14-12-10-8-6-2/h37,39,41,43,47,55H,5-36,38,40,42H2,1-4H3/t47-/m0/s1. The minimum absolute atomic E-state index is 0.248. The molecule has 3 rings (SSSR count). The average molecular weight is 833 g/mol. The summed E-state index contributed by atoms with van der Waals surface area (Å²) >= 11 is 0. The van der Waals surface area contributed by atoms with Crippen molar-refractivity contribution in [3.63, 3.8) is 0 Å². The van der Waals surface area contributed by atoms with Gasteiger partial charge >= 0.3 is 5.97 Å². The van der Waals surface area contributed by atoms with Gasteiger partial charge in [-0.15, -0.1) is 0 Å². The van der Waals surface area contributed by atoms with Crippen molar-refractivity contribution in [2.75, 3.05) is 14.2 Å². The number of methoxy groups -OCH3 is 2. The zero-order valence-electron chi connectivity index (χ0n) is 39.1. The average Bonchev–Trinajstić information content (AvgIpc) is 3.25. The number of ketones is 1. The minimum atomic E-state index is -0.374. The molecule has 0 aliphatic heterocycles. The highest BCUT2D eigenvalue weighted by molar-refractivity contribution is 5.87. The Morgan fingerprint density at radius 2 is 1.05 bits per heavy atom. The predicted octanol–water partition coefficient (Wildman–Crippen LogP) is 15.4. The normalized spacial score (nSPS) is 14.2. The number of hydrogen-bond acceptors (Lipinski definition) is 6. The summed E-state index contributed by atoms with van der Waals surface area (Å²) in [6.45, 7) is 4.54. The molecule has 0 aromatic heterocycles. The van der Waals surface area contributed by atoms with E-state index in [-0.39, 0.29) is 17.9 Å². The van der Waals surface area contributed by atoms with Crippen molar-refractivity contribution in [1.29, 1.82) is 0 Å². The second-order valence-electron chi connectivity index (χ2n) is 18.1. The molecule has 0 saturated heterocycles. The number of aliphatic hydroxyl groups is 1. The number of carbonyl (C=O) groups excluding carboxylic acids is 2. The lowest BCUT2D eigenvalue weighted by molar-refractivity contribution is -0.134. The Labute approximate surface area is 367 Å². The first-order valence-corrected chi connectivity index (χ1v) is 25.2. The van der Waals surface area contributed by atoms with E-state index < -0.39 is 0 Å². The molecular weight excluding hydrogens is 745 g/mol. The highest BCUT2D eigenvalue weighted by Gasteiger charge is 2.26. The lowest BCUT2D eigenvalue weighted by Gasteiger charge is -2.22. The number of rotatable bonds is 33. The summed E-state index contributed by atoms with van der Waals surface area (Å²) in [5.41, 5.74) is 4.77. The summed E-state index contributed by atoms with van der Waals surface area (Å²) < 4.78 is 18.3. The Bertz CT molecular complexity index is 1450. The smallest absolute Gasteiger partial charge is 0.311 e. The molecule has 1 atom stereocenters. The number of aryl methyl sites for hydroxylation is 2. The number of benzene rings is 2. The fraction of sp³-hybridized carbons (Fsp3) is 0.741. The fourth-order valence-electron chi connectivity index (χ4n) is 9.01. The first kappa shape index (κ1) is 51.5. The third-order valence-corrected chi connectivity index (χ3v) is 12.8. The summed E-state index contributed by atoms with van der Waals surface area (Å²) in [4.78, 5) is 26.9. The molecule has 0 fully saturated rings. The molecule has 4 bridgehead atoms. The van der Waals surface area contributed by atoms with Crippen molar-refractivity contribution in [3.05, 3.63) is 41.0 Å². The molecule has 0 spiro atoms. The van der Waals surface area contributed by atoms with Gasteiger partial charge in [-0.3, -0.25) is 9.59 Å². The van der Waals surface area contributed by atoms with Crippen LogP contribution >= 0.6 is 0 Å². The third kappa shape index (κ3) is 20.8. The topological polar surface area (TPSA) is 82.1 Å². The van der Waals surface area contributed by atoms with E-state index in [4.69, 9.17) is 14.2 Å². The molecule has 0 amide bonds. The molecule has 0 saturated carbocycles. The van der Waals surface area contributed by atoms with Crippen LogP contribution in [0.1, 0.15) is 236 Å². The molecule has 2 aromatic rings. The Morgan fingerprint density at radius 1 is 0.550 bits per heavy atom. The van der Waals surface area contributed by atoms with E-state index in [1.807, 2.05) is 0 Å². The molecule has 60 heavy (non-hydrogen) atoms. The lowest BCUT2D eigenvalue weighted by atomic mass is 9.90. The second-order valence-corrected chi connectivity index (χ2v) is 18.1. The molecule has 1 N–H and O–H groups in total. The minimum Gasteiger partial charge on any atom is -0.492 e. The van der Waals surface area contributed by atoms with Crippen molar-refractivity contribution in [2.45, 2.75) is 245 Å². The lowest BCUT2D eigenvalue weighted by Crippen LogP contribution is -2.12. The van der Waals surface area contributed by atoms with Crippen LogP contribution < -0.4 is 14.2 Å². The fourth-order valence-corrected chi connectivity index (χ4v) is 9.01. The number of hydrogen-bond donors (Lipinski definition) is 1. The van der Waals surface area contributed by atoms with Crippen molar-refractivity contribution in [3.8, 4) is 28.4 Å². The van der Waals surface area contributed by atoms with E-state index >= 15 is 0 Å². The van der Waals surface area contributed by atoms with Gasteiger partial charge in [0.25, 0.3) is 0 Å². The number of Topliss-reactive ketones (excluding diaryl/α,β-unsaturated/α-hetero) is 1. The number of aliphatic hydroxyl groups excluding tert-OH is 1. The summed E-state index contributed by atoms with van der Waals surface area (Å²) in [6.07, 6.45) is 38.6. The summed E-state index contributed by atoms with van der Waals surface area (Å²) in [6, 6.07) is 8.47. The molecule has 0 radical (unpaired) electrons. The van der Waals surface area contributed by atoms with Crippen LogP contribution in [0.2, 0.25) is 0 Å². The van der Waals surface area contributed by atoms with Gasteiger partial charge in [0.2, 0.25) is 5.75 Å². The molecule has 6 heteroatoms. The molecule has 1 aliphatic carbocycles. The predicted molar refractivity (Wildman–Crippen MR) is 252 cm³/mol. The van der Waals surface area contributed by atoms with Crippen molar-refractivity contribution < 1.29 is 28.9 Å². The zero-order valence-corrected chi connectivity index (χ0v) is 39.1. The second kappa shape index (κ2) is 32.8. The van der Waals surface area contributed by atoms with Crippen molar-refractivity contribution >= 4 is 11.8 Å². The Morgan fingerprint density at radius 3 is 1.57 bits per heavy atom. The third-order valence-electron chi connectivity index (χ3n) is 12.8. The van der Waals surface area contributed by atoms with Crippen LogP contribution in [0.15, 0.2) is 24.3 Å². The van der Waals surface area contributed by atoms with E-state index in [9.17, 15) is 14.7 Å². The van der Waals surface area contributed by atoms with Crippen molar-refractivity contribution in [2.24, 2.45) is 0 Å². The van der Waals surface area contributed by atoms with Crippen LogP contribution in [-0.2, 0) is 28.9 Å². The van der Waals surface area contributed by atoms with Gasteiger partial charge in [0.05, 0.1) is 20.3 Å². The Balaban J connectivity index is 1.62. The maximum Gasteiger partial charge on any atom is 0.311 e. The van der Waals surface area contributed by atoms with Gasteiger partial charge in [-0.05, 0) is 73.3 Å². The maximum absolute atomic E-state index is 13.5. The van der Waals surface area contributed by atoms with Crippen LogP contribution in [0.25, 0.3) is 11.1 Å². The van der Waals surface area contributed by atoms with Gasteiger partial charge in [0.1, 0.15) is 5.78 Å². The van der Waals surface area contributed by atoms with E-state index in [0.29, 0.717) is 49.4 Å². The van der Waals surface area contributed by atoms with E-state index in [0.717, 1.165) is 85.6 Å². The van der Waals surface area contributed by atoms with E-state index in [2.05, 4.69) is 38.1 Å². The number of unbranched alkanes of at least 4 members (excludes halogenated alkanes) is 24. The van der Waals surface area contributed by atoms with E-state index in [1.165, 1.54) is 135 Å². The van der Waals surface area contributed by atoms with Crippen LogP contribution in [0, 0.1) is 0 Å². The highest BCUT2D eigenvalue weighted by atomic mass is 16.6. The first-order valence-electron chi connectivity index (χ1n) is 25.2. The molecular formula is C54H88O6. The number of ether oxygens (including phenoxy) is 3. The number of fused-ring (bicyclic) bond motifs is 5. The summed E-state index contributed by atoms with van der Waals surface area (Å²) in [5.74, 6) is 1.38. The Hall–Kier alpha value is -2.86. The van der Waals surface area contributed by atoms with Gasteiger partial charge in [-0.2, -0.15) is 0 Å². The zero-order chi connectivity index (χ0) is 43.0. The highest BCUT2D eigenvalue weighted by Crippen LogP contribution is 2.48. The van der Waals surface area contributed by atoms with Crippen LogP contribution in [0.4, 0.5) is 0 Å². The molecule has 0 heterocycles. The van der Waals surface area contributed by atoms with Crippen LogP contribution in [0.3, 0.4) is 0 Å². The summed E-state index contributed by atoms with van der Waals surface area (Å²) in [7, 11) is 3.24. The van der Waals surface area contributed by atoms with E-state index in [1.54, 1.807) is 14.2 Å². The number of carbonyl (C=O) groups is 2. The molecule has 1 aliphatic rings. The molecule has 340 valence electrons. The molecule has 6 nitrogen and oxygen atoms in total. The quantitative estimate of drug-likeness (QED) is 0.0438. The molecule has 2 aromatic carbocycles. The SMILES string of the molecule is CCCCCCCCCCCCCCCC(=O)Cc1ccc2cc1-c1cc(c(OC(=O)CCCCCCCCCCCCCCC)c(OC)c1OC)CCCC[C@H](O)CC2. The van der Waals surface area contributed by atoms with Gasteiger partial charge in [0, 0.05) is 24.8 Å². The van der Waals surface area contributed by atoms with Gasteiger partial charge < -0.3 is 19.3 Å². The monoisotopic (exact) mass is 833 g/mol. The maximum atomic E-state index is 13.5. The molecule has 0 unspecified atom stereocenters. The first-order chi connectivity index (χ1) is 29.4. The van der Waals surface area contributed by atoms with Crippen molar-refractivity contribution in [1.82, 2.24) is 0 Å². The van der Waals surface area contributed by atoms with Crippen LogP contribution in [0.5, 0.6) is 17.2 Å². The van der Waals surface area contributed by atoms with Gasteiger partial charge in [0.15, 0.2) is 11.5 Å². The van der Waals surface area contributed by atoms with Gasteiger partial charge in [-0.1, -0.05) is 193 Å². The van der Waals surface area contributed by atoms with Crippen LogP contribution in [-0.4, -0.2) is 37.2 Å². The summed E-state index contributed by atoms with van der Waals surface area (Å²) in [5, 5.41) is 10.8. The Kier molecular flexibility index (Phi) is 28.1.